The van der Waals surface area contributed by atoms with Crippen LogP contribution in [0.3, 0.4) is 0 Å². The first kappa shape index (κ1) is 35.8. The molecule has 0 radical (unpaired) electrons. The van der Waals surface area contributed by atoms with Gasteiger partial charge in [0.05, 0.1) is 17.0 Å². The van der Waals surface area contributed by atoms with Crippen molar-refractivity contribution in [2.24, 2.45) is 0 Å². The van der Waals surface area contributed by atoms with E-state index in [1.54, 1.807) is 78.9 Å². The smallest absolute Gasteiger partial charge is 0.418 e. The monoisotopic (exact) mass is 715 g/mol. The van der Waals surface area contributed by atoms with E-state index in [9.17, 15) is 27.6 Å². The maximum Gasteiger partial charge on any atom is 0.418 e. The van der Waals surface area contributed by atoms with Gasteiger partial charge >= 0.3 is 6.18 Å². The minimum Gasteiger partial charge on any atom is -0.489 e. The van der Waals surface area contributed by atoms with Crippen LogP contribution in [0.25, 0.3) is 6.08 Å². The van der Waals surface area contributed by atoms with Gasteiger partial charge in [0.2, 0.25) is 5.91 Å². The topological polar surface area (TPSA) is 96.5 Å². The van der Waals surface area contributed by atoms with Crippen LogP contribution in [0.5, 0.6) is 5.75 Å². The third-order valence-corrected chi connectivity index (χ3v) is 8.22. The molecule has 3 N–H and O–H groups in total. The average Bonchev–Trinajstić information content (AvgIpc) is 3.11. The van der Waals surface area contributed by atoms with Crippen molar-refractivity contribution in [3.8, 4) is 5.75 Å². The van der Waals surface area contributed by atoms with Crippen LogP contribution in [-0.2, 0) is 22.4 Å². The number of carbonyl (C=O) groups excluding carboxylic acids is 3. The number of anilines is 2. The van der Waals surface area contributed by atoms with E-state index < -0.39 is 35.1 Å². The lowest BCUT2D eigenvalue weighted by Gasteiger charge is -2.14. The fourth-order valence-corrected chi connectivity index (χ4v) is 5.49. The number of ether oxygens (including phenoxy) is 1. The molecule has 0 aliphatic carbocycles. The molecule has 0 bridgehead atoms. The molecule has 12 heteroatoms. The second kappa shape index (κ2) is 16.7. The van der Waals surface area contributed by atoms with Gasteiger partial charge in [0.15, 0.2) is 0 Å². The van der Waals surface area contributed by atoms with E-state index in [2.05, 4.69) is 16.0 Å². The summed E-state index contributed by atoms with van der Waals surface area (Å²) in [6.07, 6.45) is -3.17. The number of halogens is 4. The largest absolute Gasteiger partial charge is 0.489 e. The normalized spacial score (nSPS) is 11.4. The zero-order valence-corrected chi connectivity index (χ0v) is 27.7. The van der Waals surface area contributed by atoms with Crippen molar-refractivity contribution in [2.75, 3.05) is 16.4 Å². The third kappa shape index (κ3) is 10.5. The summed E-state index contributed by atoms with van der Waals surface area (Å²) < 4.78 is 46.1. The van der Waals surface area contributed by atoms with Crippen molar-refractivity contribution in [2.45, 2.75) is 17.7 Å². The number of carbonyl (C=O) groups is 3. The lowest BCUT2D eigenvalue weighted by molar-refractivity contribution is -0.137. The first-order valence-corrected chi connectivity index (χ1v) is 16.5. The predicted molar refractivity (Wildman–Crippen MR) is 190 cm³/mol. The fourth-order valence-electron chi connectivity index (χ4n) is 4.57. The molecule has 7 nitrogen and oxygen atoms in total. The van der Waals surface area contributed by atoms with Gasteiger partial charge in [-0.15, -0.1) is 11.8 Å². The molecule has 5 rings (SSSR count). The van der Waals surface area contributed by atoms with Crippen LogP contribution in [0, 0.1) is 0 Å². The number of nitrogens with one attached hydrogen (secondary N) is 3. The summed E-state index contributed by atoms with van der Waals surface area (Å²) in [5, 5.41) is 7.64. The van der Waals surface area contributed by atoms with Gasteiger partial charge in [0.25, 0.3) is 11.8 Å². The van der Waals surface area contributed by atoms with Gasteiger partial charge in [-0.25, -0.2) is 0 Å². The number of thioether (sulfide) groups is 1. The Kier molecular flexibility index (Phi) is 12.0. The van der Waals surface area contributed by atoms with Gasteiger partial charge in [0.1, 0.15) is 18.1 Å². The molecule has 0 heterocycles. The quantitative estimate of drug-likeness (QED) is 0.0885. The molecule has 0 saturated heterocycles. The standard InChI is InChI=1S/C38H29ClF3N3O4S/c39-28-16-19-33(32(21-28)38(40,41)42)44-35(46)24-50-31-13-7-12-29(22-31)43-37(48)34(45-36(47)27-10-5-2-6-11-27)20-25-14-17-30(18-15-25)49-23-26-8-3-1-4-9-26/h1-22H,23-24H2,(H,43,48)(H,44,46)(H,45,47)/b34-20-. The lowest BCUT2D eigenvalue weighted by atomic mass is 10.1. The SMILES string of the molecule is O=C(CSc1cccc(NC(=O)/C(=C/c2ccc(OCc3ccccc3)cc2)NC(=O)c2ccccc2)c1)Nc1ccc(Cl)cc1C(F)(F)F. The van der Waals surface area contributed by atoms with Crippen molar-refractivity contribution in [3.63, 3.8) is 0 Å². The van der Waals surface area contributed by atoms with Gasteiger partial charge in [-0.1, -0.05) is 78.3 Å². The van der Waals surface area contributed by atoms with Crippen molar-refractivity contribution in [1.82, 2.24) is 5.32 Å². The third-order valence-electron chi connectivity index (χ3n) is 6.99. The van der Waals surface area contributed by atoms with Gasteiger partial charge in [-0.2, -0.15) is 13.2 Å². The van der Waals surface area contributed by atoms with E-state index in [1.807, 2.05) is 30.3 Å². The Labute approximate surface area is 295 Å². The van der Waals surface area contributed by atoms with Crippen LogP contribution in [0.4, 0.5) is 24.5 Å². The first-order valence-electron chi connectivity index (χ1n) is 15.1. The molecule has 5 aromatic rings. The summed E-state index contributed by atoms with van der Waals surface area (Å²) in [5.74, 6) is -1.34. The molecule has 0 fully saturated rings. The van der Waals surface area contributed by atoms with Gasteiger partial charge in [-0.3, -0.25) is 14.4 Å². The van der Waals surface area contributed by atoms with E-state index in [0.29, 0.717) is 34.1 Å². The molecule has 0 atom stereocenters. The highest BCUT2D eigenvalue weighted by Crippen LogP contribution is 2.36. The highest BCUT2D eigenvalue weighted by molar-refractivity contribution is 8.00. The minimum absolute atomic E-state index is 0.0299. The van der Waals surface area contributed by atoms with Gasteiger partial charge in [-0.05, 0) is 77.9 Å². The maximum absolute atomic E-state index is 13.5. The Morgan fingerprint density at radius 1 is 0.780 bits per heavy atom. The van der Waals surface area contributed by atoms with Crippen LogP contribution in [0.2, 0.25) is 5.02 Å². The van der Waals surface area contributed by atoms with Crippen molar-refractivity contribution in [3.05, 3.63) is 160 Å². The van der Waals surface area contributed by atoms with Crippen LogP contribution < -0.4 is 20.7 Å². The number of hydrogen-bond acceptors (Lipinski definition) is 5. The summed E-state index contributed by atoms with van der Waals surface area (Å²) in [5.41, 5.74) is 0.874. The molecule has 254 valence electrons. The molecular weight excluding hydrogens is 687 g/mol. The number of rotatable bonds is 12. The molecular formula is C38H29ClF3N3O4S. The van der Waals surface area contributed by atoms with Crippen molar-refractivity contribution < 1.29 is 32.3 Å². The summed E-state index contributed by atoms with van der Waals surface area (Å²) in [4.78, 5) is 39.7. The van der Waals surface area contributed by atoms with Crippen LogP contribution in [-0.4, -0.2) is 23.5 Å². The Hall–Kier alpha value is -5.52. The zero-order chi connectivity index (χ0) is 35.5. The van der Waals surface area contributed by atoms with Crippen molar-refractivity contribution >= 4 is 58.5 Å². The van der Waals surface area contributed by atoms with E-state index in [0.717, 1.165) is 29.5 Å². The van der Waals surface area contributed by atoms with Crippen LogP contribution in [0.1, 0.15) is 27.0 Å². The van der Waals surface area contributed by atoms with E-state index in [-0.39, 0.29) is 16.5 Å². The van der Waals surface area contributed by atoms with Crippen molar-refractivity contribution in [1.29, 1.82) is 0 Å². The van der Waals surface area contributed by atoms with Crippen LogP contribution >= 0.6 is 23.4 Å². The Bertz CT molecular complexity index is 1990. The Morgan fingerprint density at radius 2 is 1.48 bits per heavy atom. The highest BCUT2D eigenvalue weighted by atomic mass is 35.5. The lowest BCUT2D eigenvalue weighted by Crippen LogP contribution is -2.30. The van der Waals surface area contributed by atoms with Gasteiger partial charge in [0, 0.05) is 21.2 Å². The number of alkyl halides is 3. The molecule has 0 saturated carbocycles. The first-order chi connectivity index (χ1) is 24.0. The number of amides is 3. The van der Waals surface area contributed by atoms with E-state index in [1.165, 1.54) is 12.1 Å². The Balaban J connectivity index is 1.26. The molecule has 0 spiro atoms. The zero-order valence-electron chi connectivity index (χ0n) is 26.2. The summed E-state index contributed by atoms with van der Waals surface area (Å²) >= 11 is 6.78. The van der Waals surface area contributed by atoms with Gasteiger partial charge < -0.3 is 20.7 Å². The van der Waals surface area contributed by atoms with E-state index >= 15 is 0 Å². The summed E-state index contributed by atoms with van der Waals surface area (Å²) in [6.45, 7) is 0.389. The van der Waals surface area contributed by atoms with E-state index in [4.69, 9.17) is 16.3 Å². The number of hydrogen-bond donors (Lipinski definition) is 3. The second-order valence-electron chi connectivity index (χ2n) is 10.7. The average molecular weight is 716 g/mol. The maximum atomic E-state index is 13.5. The summed E-state index contributed by atoms with van der Waals surface area (Å²) in [7, 11) is 0. The molecule has 0 aromatic heterocycles. The Morgan fingerprint density at radius 3 is 2.18 bits per heavy atom. The predicted octanol–water partition coefficient (Wildman–Crippen LogP) is 9.08. The second-order valence-corrected chi connectivity index (χ2v) is 12.2. The molecule has 0 unspecified atom stereocenters. The fraction of sp³-hybridized carbons (Fsp3) is 0.0789. The highest BCUT2D eigenvalue weighted by Gasteiger charge is 2.34. The summed E-state index contributed by atoms with van der Waals surface area (Å²) in [6, 6.07) is 34.8. The molecule has 3 amide bonds. The molecule has 50 heavy (non-hydrogen) atoms. The molecule has 0 aliphatic rings. The molecule has 5 aromatic carbocycles. The molecule has 0 aliphatic heterocycles. The van der Waals surface area contributed by atoms with Crippen LogP contribution in [0.15, 0.2) is 138 Å². The minimum atomic E-state index is -4.71. The number of benzene rings is 5.